The largest absolute Gasteiger partial charge is 0.308 e. The molecule has 1 aromatic heterocycles. The van der Waals surface area contributed by atoms with Gasteiger partial charge in [0.25, 0.3) is 0 Å². The van der Waals surface area contributed by atoms with Crippen molar-refractivity contribution in [2.75, 3.05) is 20.6 Å². The molecule has 0 aliphatic rings. The topological polar surface area (TPSA) is 15.3 Å². The molecule has 0 aliphatic carbocycles. The molecule has 0 saturated carbocycles. The van der Waals surface area contributed by atoms with Gasteiger partial charge in [0.1, 0.15) is 0 Å². The first-order valence-corrected chi connectivity index (χ1v) is 6.84. The fourth-order valence-corrected chi connectivity index (χ4v) is 2.89. The van der Waals surface area contributed by atoms with Gasteiger partial charge in [-0.1, -0.05) is 6.92 Å². The van der Waals surface area contributed by atoms with Crippen LogP contribution in [0.3, 0.4) is 0 Å². The second kappa shape index (κ2) is 6.38. The molecular formula is C13H24N2S. The number of hydrogen-bond donors (Lipinski definition) is 1. The Morgan fingerprint density at radius 2 is 2.00 bits per heavy atom. The lowest BCUT2D eigenvalue weighted by Gasteiger charge is -2.22. The number of thiophene rings is 1. The molecule has 2 unspecified atom stereocenters. The van der Waals surface area contributed by atoms with E-state index in [0.717, 1.165) is 13.0 Å². The van der Waals surface area contributed by atoms with Crippen LogP contribution in [0.4, 0.5) is 0 Å². The molecule has 1 rings (SSSR count). The lowest BCUT2D eigenvalue weighted by molar-refractivity contribution is 0.335. The van der Waals surface area contributed by atoms with E-state index in [4.69, 9.17) is 0 Å². The van der Waals surface area contributed by atoms with Crippen molar-refractivity contribution in [2.24, 2.45) is 0 Å². The standard InChI is InChI=1S/C13H24N2S/c1-6-12-7-8-13(16-12)11(3)14-10(2)9-15(4)5/h7-8,10-11,14H,6,9H2,1-5H3. The van der Waals surface area contributed by atoms with Crippen molar-refractivity contribution in [3.8, 4) is 0 Å². The van der Waals surface area contributed by atoms with E-state index in [9.17, 15) is 0 Å². The number of likely N-dealkylation sites (N-methyl/N-ethyl adjacent to an activating group) is 1. The van der Waals surface area contributed by atoms with Crippen molar-refractivity contribution in [3.63, 3.8) is 0 Å². The first-order valence-electron chi connectivity index (χ1n) is 6.02. The number of hydrogen-bond acceptors (Lipinski definition) is 3. The Kier molecular flexibility index (Phi) is 5.46. The summed E-state index contributed by atoms with van der Waals surface area (Å²) in [4.78, 5) is 5.14. The molecule has 0 radical (unpaired) electrons. The second-order valence-corrected chi connectivity index (χ2v) is 5.91. The van der Waals surface area contributed by atoms with Crippen LogP contribution in [0, 0.1) is 0 Å². The fourth-order valence-electron chi connectivity index (χ4n) is 1.93. The third-order valence-corrected chi connectivity index (χ3v) is 4.04. The summed E-state index contributed by atoms with van der Waals surface area (Å²) in [5.41, 5.74) is 0. The predicted octanol–water partition coefficient (Wildman–Crippen LogP) is 2.91. The molecule has 0 spiro atoms. The second-order valence-electron chi connectivity index (χ2n) is 4.71. The quantitative estimate of drug-likeness (QED) is 0.822. The van der Waals surface area contributed by atoms with Gasteiger partial charge in [-0.15, -0.1) is 11.3 Å². The number of aryl methyl sites for hydroxylation is 1. The highest BCUT2D eigenvalue weighted by Gasteiger charge is 2.11. The maximum absolute atomic E-state index is 3.63. The van der Waals surface area contributed by atoms with Crippen molar-refractivity contribution in [2.45, 2.75) is 39.3 Å². The van der Waals surface area contributed by atoms with Gasteiger partial charge < -0.3 is 10.2 Å². The molecule has 0 aromatic carbocycles. The lowest BCUT2D eigenvalue weighted by Crippen LogP contribution is -2.36. The van der Waals surface area contributed by atoms with Gasteiger partial charge in [-0.25, -0.2) is 0 Å². The van der Waals surface area contributed by atoms with Crippen LogP contribution in [0.2, 0.25) is 0 Å². The summed E-state index contributed by atoms with van der Waals surface area (Å²) in [6.07, 6.45) is 1.14. The summed E-state index contributed by atoms with van der Waals surface area (Å²) in [6, 6.07) is 5.48. The minimum absolute atomic E-state index is 0.459. The highest BCUT2D eigenvalue weighted by atomic mass is 32.1. The summed E-state index contributed by atoms with van der Waals surface area (Å²) in [7, 11) is 4.23. The summed E-state index contributed by atoms with van der Waals surface area (Å²) < 4.78 is 0. The monoisotopic (exact) mass is 240 g/mol. The van der Waals surface area contributed by atoms with Gasteiger partial charge >= 0.3 is 0 Å². The molecule has 1 heterocycles. The number of nitrogens with one attached hydrogen (secondary N) is 1. The smallest absolute Gasteiger partial charge is 0.0388 e. The van der Waals surface area contributed by atoms with Crippen LogP contribution >= 0.6 is 11.3 Å². The number of nitrogens with zero attached hydrogens (tertiary/aromatic N) is 1. The summed E-state index contributed by atoms with van der Waals surface area (Å²) in [5, 5.41) is 3.63. The van der Waals surface area contributed by atoms with E-state index < -0.39 is 0 Å². The van der Waals surface area contributed by atoms with Gasteiger partial charge in [-0.05, 0) is 46.5 Å². The Labute approximate surface area is 104 Å². The molecule has 1 N–H and O–H groups in total. The Balaban J connectivity index is 2.48. The van der Waals surface area contributed by atoms with E-state index in [2.05, 4.69) is 57.2 Å². The molecule has 0 aliphatic heterocycles. The van der Waals surface area contributed by atoms with Gasteiger partial charge in [-0.3, -0.25) is 0 Å². The summed E-state index contributed by atoms with van der Waals surface area (Å²) >= 11 is 1.93. The molecule has 92 valence electrons. The van der Waals surface area contributed by atoms with Crippen LogP contribution in [0.5, 0.6) is 0 Å². The molecule has 3 heteroatoms. The Morgan fingerprint density at radius 1 is 1.31 bits per heavy atom. The predicted molar refractivity (Wildman–Crippen MR) is 73.3 cm³/mol. The first-order chi connectivity index (χ1) is 7.52. The van der Waals surface area contributed by atoms with Crippen LogP contribution < -0.4 is 5.32 Å². The first kappa shape index (κ1) is 13.7. The van der Waals surface area contributed by atoms with Crippen molar-refractivity contribution in [1.29, 1.82) is 0 Å². The fraction of sp³-hybridized carbons (Fsp3) is 0.692. The highest BCUT2D eigenvalue weighted by Crippen LogP contribution is 2.23. The van der Waals surface area contributed by atoms with Crippen LogP contribution in [0.1, 0.15) is 36.6 Å². The average molecular weight is 240 g/mol. The highest BCUT2D eigenvalue weighted by molar-refractivity contribution is 7.12. The van der Waals surface area contributed by atoms with Crippen molar-refractivity contribution >= 4 is 11.3 Å². The van der Waals surface area contributed by atoms with Gasteiger partial charge in [0, 0.05) is 28.4 Å². The van der Waals surface area contributed by atoms with E-state index in [1.54, 1.807) is 0 Å². The van der Waals surface area contributed by atoms with Crippen LogP contribution in [-0.4, -0.2) is 31.6 Å². The van der Waals surface area contributed by atoms with Crippen molar-refractivity contribution < 1.29 is 0 Å². The lowest BCUT2D eigenvalue weighted by atomic mass is 10.2. The molecule has 2 nitrogen and oxygen atoms in total. The number of rotatable bonds is 6. The van der Waals surface area contributed by atoms with E-state index >= 15 is 0 Å². The summed E-state index contributed by atoms with van der Waals surface area (Å²) in [6.45, 7) is 7.78. The Hall–Kier alpha value is -0.380. The molecule has 0 fully saturated rings. The SMILES string of the molecule is CCc1ccc(C(C)NC(C)CN(C)C)s1. The third kappa shape index (κ3) is 4.24. The zero-order valence-electron chi connectivity index (χ0n) is 11.1. The molecule has 2 atom stereocenters. The van der Waals surface area contributed by atoms with E-state index in [0.29, 0.717) is 12.1 Å². The molecule has 0 saturated heterocycles. The Bertz CT molecular complexity index is 307. The molecule has 16 heavy (non-hydrogen) atoms. The Morgan fingerprint density at radius 3 is 2.50 bits per heavy atom. The summed E-state index contributed by atoms with van der Waals surface area (Å²) in [5.74, 6) is 0. The van der Waals surface area contributed by atoms with E-state index in [-0.39, 0.29) is 0 Å². The third-order valence-electron chi connectivity index (χ3n) is 2.63. The van der Waals surface area contributed by atoms with Gasteiger partial charge in [0.05, 0.1) is 0 Å². The van der Waals surface area contributed by atoms with Crippen molar-refractivity contribution in [3.05, 3.63) is 21.9 Å². The zero-order chi connectivity index (χ0) is 12.1. The minimum Gasteiger partial charge on any atom is -0.308 e. The zero-order valence-corrected chi connectivity index (χ0v) is 11.9. The van der Waals surface area contributed by atoms with Gasteiger partial charge in [-0.2, -0.15) is 0 Å². The maximum Gasteiger partial charge on any atom is 0.0388 e. The molecular weight excluding hydrogens is 216 g/mol. The van der Waals surface area contributed by atoms with Crippen molar-refractivity contribution in [1.82, 2.24) is 10.2 Å². The normalized spacial score (nSPS) is 15.4. The molecule has 0 bridgehead atoms. The van der Waals surface area contributed by atoms with Crippen LogP contribution in [0.25, 0.3) is 0 Å². The van der Waals surface area contributed by atoms with Gasteiger partial charge in [0.2, 0.25) is 0 Å². The van der Waals surface area contributed by atoms with Crippen LogP contribution in [0.15, 0.2) is 12.1 Å². The average Bonchev–Trinajstić information content (AvgIpc) is 2.64. The van der Waals surface area contributed by atoms with E-state index in [1.165, 1.54) is 9.75 Å². The van der Waals surface area contributed by atoms with Gasteiger partial charge in [0.15, 0.2) is 0 Å². The molecule has 1 aromatic rings. The van der Waals surface area contributed by atoms with E-state index in [1.807, 2.05) is 11.3 Å². The van der Waals surface area contributed by atoms with Crippen LogP contribution in [-0.2, 0) is 6.42 Å². The minimum atomic E-state index is 0.459. The maximum atomic E-state index is 3.63. The molecule has 0 amide bonds.